The Labute approximate surface area is 203 Å². The quantitative estimate of drug-likeness (QED) is 0.300. The van der Waals surface area contributed by atoms with Crippen molar-refractivity contribution in [2.45, 2.75) is 38.8 Å². The Morgan fingerprint density at radius 1 is 1.03 bits per heavy atom. The van der Waals surface area contributed by atoms with Crippen LogP contribution in [0.25, 0.3) is 22.5 Å². The molecule has 170 valence electrons. The van der Waals surface area contributed by atoms with Crippen molar-refractivity contribution in [1.29, 1.82) is 0 Å². The number of para-hydroxylation sites is 1. The Hall–Kier alpha value is -2.90. The number of thioether (sulfide) groups is 1. The first-order valence-electron chi connectivity index (χ1n) is 11.1. The number of rotatable bonds is 8. The van der Waals surface area contributed by atoms with Crippen LogP contribution < -0.4 is 5.32 Å². The average molecular weight is 477 g/mol. The summed E-state index contributed by atoms with van der Waals surface area (Å²) in [6.07, 6.45) is 1.76. The molecule has 0 bridgehead atoms. The molecule has 0 radical (unpaired) electrons. The zero-order chi connectivity index (χ0) is 23.4. The first-order chi connectivity index (χ1) is 16.0. The highest BCUT2D eigenvalue weighted by Gasteiger charge is 2.19. The Morgan fingerprint density at radius 2 is 1.73 bits per heavy atom. The fraction of sp³-hybridized carbons (Fsp3) is 0.269. The molecule has 2 heterocycles. The molecule has 0 unspecified atom stereocenters. The third kappa shape index (κ3) is 4.89. The summed E-state index contributed by atoms with van der Waals surface area (Å²) < 4.78 is 1.98. The van der Waals surface area contributed by atoms with Crippen LogP contribution in [0.2, 0.25) is 0 Å². The van der Waals surface area contributed by atoms with E-state index in [0.717, 1.165) is 46.2 Å². The highest BCUT2D eigenvalue weighted by molar-refractivity contribution is 7.99. The van der Waals surface area contributed by atoms with E-state index >= 15 is 0 Å². The summed E-state index contributed by atoms with van der Waals surface area (Å²) in [6, 6.07) is 16.6. The van der Waals surface area contributed by atoms with E-state index in [2.05, 4.69) is 72.0 Å². The first-order valence-corrected chi connectivity index (χ1v) is 13.0. The van der Waals surface area contributed by atoms with Gasteiger partial charge in [-0.3, -0.25) is 4.79 Å². The first kappa shape index (κ1) is 23.3. The summed E-state index contributed by atoms with van der Waals surface area (Å²) in [7, 11) is 1.96. The van der Waals surface area contributed by atoms with E-state index in [1.807, 2.05) is 29.8 Å². The van der Waals surface area contributed by atoms with Crippen LogP contribution in [-0.2, 0) is 24.7 Å². The van der Waals surface area contributed by atoms with Crippen molar-refractivity contribution in [3.05, 3.63) is 69.9 Å². The molecule has 2 aromatic carbocycles. The van der Waals surface area contributed by atoms with Gasteiger partial charge in [-0.05, 0) is 36.5 Å². The number of carbonyl (C=O) groups excluding carboxylic acids is 1. The molecule has 33 heavy (non-hydrogen) atoms. The SMILES string of the molecule is CCc1cccc(CC)c1NC(=O)CSc1nnc(-c2csc(C)c2-c2ccccc2)n1C. The van der Waals surface area contributed by atoms with Gasteiger partial charge in [-0.1, -0.05) is 74.1 Å². The second-order valence-corrected chi connectivity index (χ2v) is 9.83. The van der Waals surface area contributed by atoms with Gasteiger partial charge in [0.05, 0.1) is 5.75 Å². The third-order valence-corrected chi connectivity index (χ3v) is 7.64. The number of hydrogen-bond donors (Lipinski definition) is 1. The Bertz CT molecular complexity index is 1240. The van der Waals surface area contributed by atoms with E-state index in [9.17, 15) is 4.79 Å². The maximum absolute atomic E-state index is 12.8. The lowest BCUT2D eigenvalue weighted by molar-refractivity contribution is -0.113. The number of anilines is 1. The lowest BCUT2D eigenvalue weighted by atomic mass is 10.0. The number of aromatic nitrogens is 3. The molecule has 7 heteroatoms. The molecular weight excluding hydrogens is 448 g/mol. The van der Waals surface area contributed by atoms with Crippen molar-refractivity contribution < 1.29 is 4.79 Å². The van der Waals surface area contributed by atoms with Crippen LogP contribution in [0, 0.1) is 6.92 Å². The number of aryl methyl sites for hydroxylation is 3. The minimum atomic E-state index is -0.0310. The maximum Gasteiger partial charge on any atom is 0.234 e. The molecule has 2 aromatic heterocycles. The minimum Gasteiger partial charge on any atom is -0.325 e. The molecule has 1 N–H and O–H groups in total. The van der Waals surface area contributed by atoms with E-state index in [1.54, 1.807) is 11.3 Å². The number of hydrogen-bond acceptors (Lipinski definition) is 5. The highest BCUT2D eigenvalue weighted by Crippen LogP contribution is 2.38. The predicted octanol–water partition coefficient (Wildman–Crippen LogP) is 6.37. The summed E-state index contributed by atoms with van der Waals surface area (Å²) in [4.78, 5) is 14.0. The van der Waals surface area contributed by atoms with Crippen molar-refractivity contribution >= 4 is 34.7 Å². The van der Waals surface area contributed by atoms with Gasteiger partial charge in [0, 0.05) is 34.1 Å². The van der Waals surface area contributed by atoms with E-state index in [1.165, 1.54) is 27.8 Å². The van der Waals surface area contributed by atoms with Gasteiger partial charge in [0.1, 0.15) is 0 Å². The number of carbonyl (C=O) groups is 1. The van der Waals surface area contributed by atoms with Crippen molar-refractivity contribution in [3.8, 4) is 22.5 Å². The Kier molecular flexibility index (Phi) is 7.30. The molecule has 0 spiro atoms. The van der Waals surface area contributed by atoms with Crippen LogP contribution in [0.1, 0.15) is 29.9 Å². The van der Waals surface area contributed by atoms with Crippen LogP contribution in [0.15, 0.2) is 59.1 Å². The van der Waals surface area contributed by atoms with E-state index in [4.69, 9.17) is 0 Å². The molecular formula is C26H28N4OS2. The predicted molar refractivity (Wildman–Crippen MR) is 139 cm³/mol. The topological polar surface area (TPSA) is 59.8 Å². The van der Waals surface area contributed by atoms with Gasteiger partial charge in [0.2, 0.25) is 5.91 Å². The van der Waals surface area contributed by atoms with E-state index in [-0.39, 0.29) is 11.7 Å². The molecule has 1 amide bonds. The number of amides is 1. The summed E-state index contributed by atoms with van der Waals surface area (Å²) in [5.41, 5.74) is 6.70. The maximum atomic E-state index is 12.8. The normalized spacial score (nSPS) is 11.0. The van der Waals surface area contributed by atoms with Crippen molar-refractivity contribution in [1.82, 2.24) is 14.8 Å². The molecule has 5 nitrogen and oxygen atoms in total. The monoisotopic (exact) mass is 476 g/mol. The second kappa shape index (κ2) is 10.4. The van der Waals surface area contributed by atoms with Crippen LogP contribution in [0.4, 0.5) is 5.69 Å². The molecule has 0 saturated heterocycles. The van der Waals surface area contributed by atoms with Gasteiger partial charge < -0.3 is 9.88 Å². The van der Waals surface area contributed by atoms with Crippen LogP contribution in [-0.4, -0.2) is 26.4 Å². The van der Waals surface area contributed by atoms with Crippen LogP contribution in [0.5, 0.6) is 0 Å². The summed E-state index contributed by atoms with van der Waals surface area (Å²) in [6.45, 7) is 6.35. The lowest BCUT2D eigenvalue weighted by Crippen LogP contribution is -2.17. The van der Waals surface area contributed by atoms with Gasteiger partial charge in [-0.25, -0.2) is 0 Å². The largest absolute Gasteiger partial charge is 0.325 e. The van der Waals surface area contributed by atoms with Gasteiger partial charge in [0.15, 0.2) is 11.0 Å². The number of benzene rings is 2. The van der Waals surface area contributed by atoms with Crippen LogP contribution in [0.3, 0.4) is 0 Å². The molecule has 4 aromatic rings. The van der Waals surface area contributed by atoms with Crippen molar-refractivity contribution in [2.75, 3.05) is 11.1 Å². The standard InChI is InChI=1S/C26H28N4OS2/c1-5-18-13-10-14-19(6-2)24(18)27-22(31)16-33-26-29-28-25(30(26)4)21-15-32-17(3)23(21)20-11-8-7-9-12-20/h7-15H,5-6,16H2,1-4H3,(H,27,31). The average Bonchev–Trinajstić information content (AvgIpc) is 3.40. The Morgan fingerprint density at radius 3 is 2.39 bits per heavy atom. The molecule has 0 aliphatic carbocycles. The molecule has 0 atom stereocenters. The molecule has 0 saturated carbocycles. The molecule has 0 fully saturated rings. The van der Waals surface area contributed by atoms with Gasteiger partial charge in [0.25, 0.3) is 0 Å². The van der Waals surface area contributed by atoms with E-state index in [0.29, 0.717) is 0 Å². The Balaban J connectivity index is 1.51. The zero-order valence-corrected chi connectivity index (χ0v) is 21.0. The van der Waals surface area contributed by atoms with Gasteiger partial charge >= 0.3 is 0 Å². The van der Waals surface area contributed by atoms with E-state index < -0.39 is 0 Å². The van der Waals surface area contributed by atoms with Crippen molar-refractivity contribution in [2.24, 2.45) is 7.05 Å². The van der Waals surface area contributed by atoms with Gasteiger partial charge in [-0.15, -0.1) is 21.5 Å². The fourth-order valence-corrected chi connectivity index (χ4v) is 5.54. The molecule has 4 rings (SSSR count). The third-order valence-electron chi connectivity index (χ3n) is 5.71. The summed E-state index contributed by atoms with van der Waals surface area (Å²) >= 11 is 3.12. The van der Waals surface area contributed by atoms with Crippen LogP contribution >= 0.6 is 23.1 Å². The van der Waals surface area contributed by atoms with Crippen molar-refractivity contribution in [3.63, 3.8) is 0 Å². The highest BCUT2D eigenvalue weighted by atomic mass is 32.2. The van der Waals surface area contributed by atoms with Gasteiger partial charge in [-0.2, -0.15) is 0 Å². The summed E-state index contributed by atoms with van der Waals surface area (Å²) in [5.74, 6) is 1.06. The lowest BCUT2D eigenvalue weighted by Gasteiger charge is -2.14. The fourth-order valence-electron chi connectivity index (χ4n) is 3.97. The molecule has 0 aliphatic rings. The smallest absolute Gasteiger partial charge is 0.234 e. The second-order valence-electron chi connectivity index (χ2n) is 7.81. The summed E-state index contributed by atoms with van der Waals surface area (Å²) in [5, 5.41) is 14.8. The zero-order valence-electron chi connectivity index (χ0n) is 19.4. The molecule has 0 aliphatic heterocycles. The minimum absolute atomic E-state index is 0.0310. The number of nitrogens with zero attached hydrogens (tertiary/aromatic N) is 3. The number of nitrogens with one attached hydrogen (secondary N) is 1. The number of thiophene rings is 1.